The van der Waals surface area contributed by atoms with Crippen LogP contribution in [0, 0.1) is 11.8 Å². The van der Waals surface area contributed by atoms with Gasteiger partial charge in [-0.2, -0.15) is 0 Å². The summed E-state index contributed by atoms with van der Waals surface area (Å²) in [4.78, 5) is 26.0. The zero-order chi connectivity index (χ0) is 14.5. The molecular weight excluding hydrogens is 256 g/mol. The second-order valence-electron chi connectivity index (χ2n) is 5.98. The largest absolute Gasteiger partial charge is 0.466 e. The fourth-order valence-electron chi connectivity index (χ4n) is 3.31. The lowest BCUT2D eigenvalue weighted by molar-refractivity contribution is -0.152. The highest BCUT2D eigenvalue weighted by Crippen LogP contribution is 2.27. The van der Waals surface area contributed by atoms with Crippen molar-refractivity contribution in [1.29, 1.82) is 0 Å². The van der Waals surface area contributed by atoms with E-state index in [-0.39, 0.29) is 29.8 Å². The van der Waals surface area contributed by atoms with Crippen molar-refractivity contribution in [2.75, 3.05) is 19.7 Å². The van der Waals surface area contributed by atoms with E-state index in [1.807, 2.05) is 11.8 Å². The van der Waals surface area contributed by atoms with E-state index in [9.17, 15) is 9.59 Å². The van der Waals surface area contributed by atoms with E-state index in [0.717, 1.165) is 38.5 Å². The number of hydrogen-bond donors (Lipinski definition) is 1. The summed E-state index contributed by atoms with van der Waals surface area (Å²) >= 11 is 0. The number of nitrogens with zero attached hydrogens (tertiary/aromatic N) is 1. The first-order valence-corrected chi connectivity index (χ1v) is 7.82. The Bertz CT molecular complexity index is 351. The molecule has 1 heterocycles. The molecule has 20 heavy (non-hydrogen) atoms. The number of esters is 1. The minimum absolute atomic E-state index is 0.0346. The standard InChI is InChI=1S/C15H26N2O3/c1-2-20-15(19)11-6-8-17(9-7-11)14(18)12-4-3-5-13(16)10-12/h11-13H,2-10,16H2,1H3. The van der Waals surface area contributed by atoms with Gasteiger partial charge in [-0.15, -0.1) is 0 Å². The summed E-state index contributed by atoms with van der Waals surface area (Å²) in [5, 5.41) is 0. The average molecular weight is 282 g/mol. The highest BCUT2D eigenvalue weighted by atomic mass is 16.5. The zero-order valence-corrected chi connectivity index (χ0v) is 12.3. The number of rotatable bonds is 3. The van der Waals surface area contributed by atoms with Gasteiger partial charge in [-0.25, -0.2) is 0 Å². The van der Waals surface area contributed by atoms with Gasteiger partial charge in [0.1, 0.15) is 0 Å². The van der Waals surface area contributed by atoms with Gasteiger partial charge in [-0.3, -0.25) is 9.59 Å². The molecule has 0 aromatic rings. The van der Waals surface area contributed by atoms with Crippen molar-refractivity contribution in [2.24, 2.45) is 17.6 Å². The van der Waals surface area contributed by atoms with Gasteiger partial charge in [0.2, 0.25) is 5.91 Å². The monoisotopic (exact) mass is 282 g/mol. The van der Waals surface area contributed by atoms with Crippen LogP contribution in [0.1, 0.15) is 45.4 Å². The van der Waals surface area contributed by atoms with Crippen LogP contribution in [0.5, 0.6) is 0 Å². The van der Waals surface area contributed by atoms with Crippen molar-refractivity contribution in [3.63, 3.8) is 0 Å². The molecule has 0 bridgehead atoms. The van der Waals surface area contributed by atoms with E-state index in [1.54, 1.807) is 0 Å². The van der Waals surface area contributed by atoms with Gasteiger partial charge in [0.25, 0.3) is 0 Å². The summed E-state index contributed by atoms with van der Waals surface area (Å²) in [6.45, 7) is 3.60. The van der Waals surface area contributed by atoms with E-state index in [0.29, 0.717) is 19.7 Å². The number of ether oxygens (including phenoxy) is 1. The Balaban J connectivity index is 1.81. The molecule has 1 aliphatic heterocycles. The highest BCUT2D eigenvalue weighted by Gasteiger charge is 2.33. The van der Waals surface area contributed by atoms with Crippen LogP contribution in [0.4, 0.5) is 0 Å². The molecule has 0 spiro atoms. The Morgan fingerprint density at radius 3 is 2.45 bits per heavy atom. The van der Waals surface area contributed by atoms with Gasteiger partial charge in [0, 0.05) is 25.0 Å². The van der Waals surface area contributed by atoms with E-state index >= 15 is 0 Å². The quantitative estimate of drug-likeness (QED) is 0.792. The smallest absolute Gasteiger partial charge is 0.309 e. The molecule has 2 rings (SSSR count). The molecule has 2 fully saturated rings. The molecule has 114 valence electrons. The Kier molecular flexibility index (Phi) is 5.40. The number of hydrogen-bond acceptors (Lipinski definition) is 4. The van der Waals surface area contributed by atoms with Gasteiger partial charge < -0.3 is 15.4 Å². The maximum absolute atomic E-state index is 12.5. The second-order valence-corrected chi connectivity index (χ2v) is 5.98. The molecular formula is C15H26N2O3. The zero-order valence-electron chi connectivity index (χ0n) is 12.3. The van der Waals surface area contributed by atoms with Crippen LogP contribution in [-0.4, -0.2) is 42.5 Å². The molecule has 2 N–H and O–H groups in total. The van der Waals surface area contributed by atoms with E-state index < -0.39 is 0 Å². The lowest BCUT2D eigenvalue weighted by atomic mass is 9.84. The normalized spacial score (nSPS) is 28.2. The maximum atomic E-state index is 12.5. The fourth-order valence-corrected chi connectivity index (χ4v) is 3.31. The number of piperidine rings is 1. The van der Waals surface area contributed by atoms with Gasteiger partial charge in [0.15, 0.2) is 0 Å². The molecule has 1 amide bonds. The summed E-state index contributed by atoms with van der Waals surface area (Å²) in [5.74, 6) is 0.187. The van der Waals surface area contributed by atoms with Crippen LogP contribution >= 0.6 is 0 Å². The Hall–Kier alpha value is -1.10. The first-order valence-electron chi connectivity index (χ1n) is 7.82. The number of carbonyl (C=O) groups excluding carboxylic acids is 2. The van der Waals surface area contributed by atoms with Crippen molar-refractivity contribution in [3.8, 4) is 0 Å². The summed E-state index contributed by atoms with van der Waals surface area (Å²) in [7, 11) is 0. The first-order chi connectivity index (χ1) is 9.61. The number of likely N-dealkylation sites (tertiary alicyclic amines) is 1. The Labute approximate surface area is 120 Å². The third-order valence-electron chi connectivity index (χ3n) is 4.49. The summed E-state index contributed by atoms with van der Waals surface area (Å²) < 4.78 is 5.05. The van der Waals surface area contributed by atoms with Crippen molar-refractivity contribution < 1.29 is 14.3 Å². The summed E-state index contributed by atoms with van der Waals surface area (Å²) in [6, 6.07) is 0.176. The van der Waals surface area contributed by atoms with Crippen molar-refractivity contribution in [2.45, 2.75) is 51.5 Å². The predicted octanol–water partition coefficient (Wildman–Crippen LogP) is 1.31. The maximum Gasteiger partial charge on any atom is 0.309 e. The number of amides is 1. The van der Waals surface area contributed by atoms with Gasteiger partial charge in [-0.1, -0.05) is 6.42 Å². The van der Waals surface area contributed by atoms with Crippen LogP contribution in [0.15, 0.2) is 0 Å². The number of nitrogens with two attached hydrogens (primary N) is 1. The second kappa shape index (κ2) is 7.07. The minimum atomic E-state index is -0.112. The van der Waals surface area contributed by atoms with Crippen LogP contribution in [0.3, 0.4) is 0 Å². The molecule has 0 aromatic heterocycles. The summed E-state index contributed by atoms with van der Waals surface area (Å²) in [5.41, 5.74) is 5.96. The molecule has 1 saturated heterocycles. The van der Waals surface area contributed by atoms with Crippen molar-refractivity contribution in [3.05, 3.63) is 0 Å². The van der Waals surface area contributed by atoms with Crippen LogP contribution in [0.2, 0.25) is 0 Å². The number of carbonyl (C=O) groups is 2. The van der Waals surface area contributed by atoms with E-state index in [4.69, 9.17) is 10.5 Å². The van der Waals surface area contributed by atoms with Gasteiger partial charge in [-0.05, 0) is 39.0 Å². The molecule has 1 saturated carbocycles. The average Bonchev–Trinajstić information content (AvgIpc) is 2.47. The third kappa shape index (κ3) is 3.72. The summed E-state index contributed by atoms with van der Waals surface area (Å²) in [6.07, 6.45) is 5.32. The van der Waals surface area contributed by atoms with Gasteiger partial charge >= 0.3 is 5.97 Å². The minimum Gasteiger partial charge on any atom is -0.466 e. The topological polar surface area (TPSA) is 72.6 Å². The molecule has 2 aliphatic rings. The predicted molar refractivity (Wildman–Crippen MR) is 75.9 cm³/mol. The SMILES string of the molecule is CCOC(=O)C1CCN(C(=O)C2CCCC(N)C2)CC1. The van der Waals surface area contributed by atoms with Crippen LogP contribution in [0.25, 0.3) is 0 Å². The van der Waals surface area contributed by atoms with E-state index in [1.165, 1.54) is 0 Å². The lowest BCUT2D eigenvalue weighted by Crippen LogP contribution is -2.45. The van der Waals surface area contributed by atoms with Crippen molar-refractivity contribution in [1.82, 2.24) is 4.90 Å². The molecule has 0 aromatic carbocycles. The molecule has 5 heteroatoms. The first kappa shape index (κ1) is 15.3. The Morgan fingerprint density at radius 2 is 1.85 bits per heavy atom. The molecule has 5 nitrogen and oxygen atoms in total. The molecule has 2 atom stereocenters. The molecule has 1 aliphatic carbocycles. The van der Waals surface area contributed by atoms with Crippen molar-refractivity contribution >= 4 is 11.9 Å². The van der Waals surface area contributed by atoms with Crippen LogP contribution < -0.4 is 5.73 Å². The van der Waals surface area contributed by atoms with Gasteiger partial charge in [0.05, 0.1) is 12.5 Å². The third-order valence-corrected chi connectivity index (χ3v) is 4.49. The fraction of sp³-hybridized carbons (Fsp3) is 0.867. The highest BCUT2D eigenvalue weighted by molar-refractivity contribution is 5.79. The Morgan fingerprint density at radius 1 is 1.15 bits per heavy atom. The lowest BCUT2D eigenvalue weighted by Gasteiger charge is -2.35. The molecule has 2 unspecified atom stereocenters. The van der Waals surface area contributed by atoms with E-state index in [2.05, 4.69) is 0 Å². The molecule has 0 radical (unpaired) electrons. The van der Waals surface area contributed by atoms with Crippen LogP contribution in [-0.2, 0) is 14.3 Å².